The summed E-state index contributed by atoms with van der Waals surface area (Å²) in [7, 11) is 0. The number of likely N-dealkylation sites (tertiary alicyclic amines) is 2. The molecular formula is C56H52Cl2N6O6. The van der Waals surface area contributed by atoms with Crippen molar-refractivity contribution >= 4 is 57.1 Å². The number of nitrogens with zero attached hydrogens (tertiary/aromatic N) is 4. The Kier molecular flexibility index (Phi) is 12.3. The third kappa shape index (κ3) is 9.24. The molecule has 70 heavy (non-hydrogen) atoms. The zero-order chi connectivity index (χ0) is 48.0. The number of benzene rings is 4. The Morgan fingerprint density at radius 2 is 0.971 bits per heavy atom. The maximum Gasteiger partial charge on any atom is 0.263 e. The van der Waals surface area contributed by atoms with Crippen molar-refractivity contribution in [3.8, 4) is 33.8 Å². The predicted octanol–water partition coefficient (Wildman–Crippen LogP) is 9.57. The molecule has 2 atom stereocenters. The van der Waals surface area contributed by atoms with Gasteiger partial charge in [-0.2, -0.15) is 0 Å². The van der Waals surface area contributed by atoms with Crippen molar-refractivity contribution in [2.24, 2.45) is 0 Å². The van der Waals surface area contributed by atoms with Gasteiger partial charge in [-0.15, -0.1) is 0 Å². The van der Waals surface area contributed by atoms with Crippen molar-refractivity contribution in [3.05, 3.63) is 166 Å². The van der Waals surface area contributed by atoms with Crippen LogP contribution >= 0.6 is 23.2 Å². The van der Waals surface area contributed by atoms with Gasteiger partial charge < -0.3 is 39.5 Å². The molecule has 4 aliphatic rings. The van der Waals surface area contributed by atoms with E-state index in [1.54, 1.807) is 12.4 Å². The van der Waals surface area contributed by atoms with E-state index in [1.165, 1.54) is 0 Å². The normalized spacial score (nSPS) is 18.9. The number of hydrogen-bond acceptors (Lipinski definition) is 8. The fourth-order valence-electron chi connectivity index (χ4n) is 10.7. The summed E-state index contributed by atoms with van der Waals surface area (Å²) in [6, 6.07) is 35.4. The molecule has 8 heterocycles. The second-order valence-corrected chi connectivity index (χ2v) is 20.0. The van der Waals surface area contributed by atoms with Crippen LogP contribution in [0.25, 0.3) is 44.3 Å². The van der Waals surface area contributed by atoms with E-state index in [9.17, 15) is 19.8 Å². The van der Waals surface area contributed by atoms with E-state index in [0.717, 1.165) is 66.6 Å². The number of pyridine rings is 2. The molecular weight excluding hydrogens is 924 g/mol. The fourth-order valence-corrected chi connectivity index (χ4v) is 11.2. The fraction of sp³-hybridized carbons (Fsp3) is 0.286. The van der Waals surface area contributed by atoms with E-state index in [-0.39, 0.29) is 11.8 Å². The van der Waals surface area contributed by atoms with Crippen molar-refractivity contribution in [1.82, 2.24) is 29.7 Å². The summed E-state index contributed by atoms with van der Waals surface area (Å²) in [4.78, 5) is 45.5. The number of amides is 2. The highest BCUT2D eigenvalue weighted by Gasteiger charge is 2.41. The molecule has 12 rings (SSSR count). The van der Waals surface area contributed by atoms with Crippen LogP contribution in [0.3, 0.4) is 0 Å². The summed E-state index contributed by atoms with van der Waals surface area (Å²) in [6.45, 7) is 2.06. The van der Waals surface area contributed by atoms with Gasteiger partial charge in [0, 0.05) is 120 Å². The molecule has 2 fully saturated rings. The molecule has 8 aromatic rings. The lowest BCUT2D eigenvalue weighted by molar-refractivity contribution is -0.142. The first-order valence-electron chi connectivity index (χ1n) is 23.9. The van der Waals surface area contributed by atoms with Crippen molar-refractivity contribution in [2.75, 3.05) is 26.2 Å². The Bertz CT molecular complexity index is 3000. The molecule has 356 valence electrons. The van der Waals surface area contributed by atoms with Gasteiger partial charge in [-0.1, -0.05) is 83.9 Å². The summed E-state index contributed by atoms with van der Waals surface area (Å²) in [5.41, 5.74) is 7.76. The second kappa shape index (κ2) is 18.9. The summed E-state index contributed by atoms with van der Waals surface area (Å²) in [6.07, 6.45) is 10.4. The number of aliphatic hydroxyl groups is 2. The first kappa shape index (κ1) is 45.7. The SMILES string of the molecule is O=C([C@@H]1Cc2cc(Cl)cc(-c3ccnc4[nH]ccc34)c2O1)N1CCC(O)(Cc2ccccc2)CC1.O=C([C@H]1Cc2cc(Cl)cc(-c3ccnc4[nH]ccc34)c2O1)N1CCC(O)(Cc2ccccc2)CC1. The number of piperidine rings is 2. The Balaban J connectivity index is 0.000000152. The molecule has 14 heteroatoms. The number of hydrogen-bond donors (Lipinski definition) is 4. The quantitative estimate of drug-likeness (QED) is 0.117. The Labute approximate surface area is 415 Å². The molecule has 2 amide bonds. The number of halogens is 2. The van der Waals surface area contributed by atoms with Gasteiger partial charge in [-0.25, -0.2) is 9.97 Å². The van der Waals surface area contributed by atoms with Crippen LogP contribution in [-0.4, -0.2) is 101 Å². The van der Waals surface area contributed by atoms with Crippen LogP contribution in [-0.2, 0) is 35.3 Å². The third-order valence-corrected chi connectivity index (χ3v) is 14.8. The van der Waals surface area contributed by atoms with Gasteiger partial charge in [-0.05, 0) is 96.5 Å². The van der Waals surface area contributed by atoms with Gasteiger partial charge >= 0.3 is 0 Å². The number of ether oxygens (including phenoxy) is 2. The van der Waals surface area contributed by atoms with E-state index in [0.29, 0.717) is 99.1 Å². The number of nitrogens with one attached hydrogen (secondary N) is 2. The van der Waals surface area contributed by atoms with Crippen molar-refractivity contribution in [2.45, 2.75) is 74.8 Å². The highest BCUT2D eigenvalue weighted by atomic mass is 35.5. The third-order valence-electron chi connectivity index (χ3n) is 14.4. The number of carbonyl (C=O) groups is 2. The van der Waals surface area contributed by atoms with Crippen LogP contribution in [0.5, 0.6) is 11.5 Å². The molecule has 4 aromatic carbocycles. The smallest absolute Gasteiger partial charge is 0.263 e. The number of fused-ring (bicyclic) bond motifs is 4. The van der Waals surface area contributed by atoms with E-state index in [2.05, 4.69) is 19.9 Å². The minimum absolute atomic E-state index is 0.0356. The lowest BCUT2D eigenvalue weighted by Gasteiger charge is -2.39. The molecule has 4 aromatic heterocycles. The molecule has 0 saturated carbocycles. The lowest BCUT2D eigenvalue weighted by atomic mass is 9.85. The average molecular weight is 976 g/mol. The minimum atomic E-state index is -0.790. The lowest BCUT2D eigenvalue weighted by Crippen LogP contribution is -2.51. The zero-order valence-electron chi connectivity index (χ0n) is 38.4. The molecule has 0 spiro atoms. The van der Waals surface area contributed by atoms with E-state index < -0.39 is 23.4 Å². The van der Waals surface area contributed by atoms with E-state index in [4.69, 9.17) is 32.7 Å². The van der Waals surface area contributed by atoms with Crippen LogP contribution in [0.1, 0.15) is 47.9 Å². The largest absolute Gasteiger partial charge is 0.479 e. The first-order chi connectivity index (χ1) is 34.0. The molecule has 4 aliphatic heterocycles. The highest BCUT2D eigenvalue weighted by Crippen LogP contribution is 2.45. The van der Waals surface area contributed by atoms with Crippen LogP contribution in [0, 0.1) is 0 Å². The molecule has 4 N–H and O–H groups in total. The highest BCUT2D eigenvalue weighted by molar-refractivity contribution is 6.31. The first-order valence-corrected chi connectivity index (χ1v) is 24.7. The number of aromatic amines is 2. The zero-order valence-corrected chi connectivity index (χ0v) is 39.9. The number of aromatic nitrogens is 4. The molecule has 12 nitrogen and oxygen atoms in total. The molecule has 0 unspecified atom stereocenters. The number of rotatable bonds is 8. The van der Waals surface area contributed by atoms with Gasteiger partial charge in [0.2, 0.25) is 0 Å². The minimum Gasteiger partial charge on any atom is -0.479 e. The summed E-state index contributed by atoms with van der Waals surface area (Å²) in [5, 5.41) is 25.4. The van der Waals surface area contributed by atoms with Gasteiger partial charge in [0.15, 0.2) is 12.2 Å². The van der Waals surface area contributed by atoms with Crippen LogP contribution < -0.4 is 9.47 Å². The molecule has 0 aliphatic carbocycles. The predicted molar refractivity (Wildman–Crippen MR) is 271 cm³/mol. The van der Waals surface area contributed by atoms with Gasteiger partial charge in [0.1, 0.15) is 22.8 Å². The summed E-state index contributed by atoms with van der Waals surface area (Å²) in [5.74, 6) is 1.34. The molecule has 0 radical (unpaired) electrons. The van der Waals surface area contributed by atoms with Crippen molar-refractivity contribution in [3.63, 3.8) is 0 Å². The van der Waals surface area contributed by atoms with Gasteiger partial charge in [-0.3, -0.25) is 9.59 Å². The van der Waals surface area contributed by atoms with E-state index in [1.807, 2.05) is 131 Å². The monoisotopic (exact) mass is 974 g/mol. The standard InChI is InChI=1S/2C28H26ClN3O3/c2*29-20-14-19-15-24(35-25(19)23(16-20)21-6-10-30-26-22(21)7-11-31-26)27(33)32-12-8-28(34,9-13-32)17-18-4-2-1-3-5-18/h2*1-7,10-11,14,16,24,34H,8-9,12-13,15,17H2,(H,30,31)/t2*24-/m10/s1. The topological polar surface area (TPSA) is 157 Å². The Hall–Kier alpha value is -6.70. The average Bonchev–Trinajstić information content (AvgIpc) is 4.21. The number of carbonyl (C=O) groups excluding carboxylic acids is 2. The molecule has 0 bridgehead atoms. The maximum absolute atomic E-state index is 13.4. The van der Waals surface area contributed by atoms with E-state index >= 15 is 0 Å². The summed E-state index contributed by atoms with van der Waals surface area (Å²) < 4.78 is 12.6. The number of H-pyrrole nitrogens is 2. The Morgan fingerprint density at radius 1 is 0.571 bits per heavy atom. The second-order valence-electron chi connectivity index (χ2n) is 19.1. The maximum atomic E-state index is 13.4. The van der Waals surface area contributed by atoms with Crippen molar-refractivity contribution in [1.29, 1.82) is 0 Å². The summed E-state index contributed by atoms with van der Waals surface area (Å²) >= 11 is 13.0. The van der Waals surface area contributed by atoms with Crippen molar-refractivity contribution < 1.29 is 29.3 Å². The van der Waals surface area contributed by atoms with Gasteiger partial charge in [0.05, 0.1) is 11.2 Å². The molecule has 2 saturated heterocycles. The van der Waals surface area contributed by atoms with Crippen LogP contribution in [0.2, 0.25) is 10.0 Å². The van der Waals surface area contributed by atoms with Gasteiger partial charge in [0.25, 0.3) is 11.8 Å². The van der Waals surface area contributed by atoms with Crippen LogP contribution in [0.4, 0.5) is 0 Å². The Morgan fingerprint density at radius 3 is 1.37 bits per heavy atom. The van der Waals surface area contributed by atoms with Crippen LogP contribution in [0.15, 0.2) is 134 Å².